The number of para-hydroxylation sites is 1. The molecular weight excluding hydrogens is 386 g/mol. The SMILES string of the molecule is CC(C)CC1COC(=O)N1C1CCN(S(=O)(=O)c2ccccc2[N+](=O)[O-])CC1. The minimum atomic E-state index is -3.97. The Bertz CT molecular complexity index is 849. The summed E-state index contributed by atoms with van der Waals surface area (Å²) in [7, 11) is -3.97. The zero-order valence-electron chi connectivity index (χ0n) is 16.0. The van der Waals surface area contributed by atoms with Crippen molar-refractivity contribution in [3.8, 4) is 0 Å². The lowest BCUT2D eigenvalue weighted by atomic mass is 9.99. The first kappa shape index (κ1) is 20.5. The van der Waals surface area contributed by atoms with Gasteiger partial charge in [-0.2, -0.15) is 4.31 Å². The third-order valence-corrected chi connectivity index (χ3v) is 7.19. The lowest BCUT2D eigenvalue weighted by molar-refractivity contribution is -0.387. The third-order valence-electron chi connectivity index (χ3n) is 5.24. The molecule has 2 aliphatic heterocycles. The van der Waals surface area contributed by atoms with Gasteiger partial charge in [-0.05, 0) is 31.2 Å². The molecule has 0 aromatic heterocycles. The Kier molecular flexibility index (Phi) is 5.90. The maximum Gasteiger partial charge on any atom is 0.410 e. The molecular formula is C18H25N3O6S. The number of hydrogen-bond acceptors (Lipinski definition) is 6. The van der Waals surface area contributed by atoms with Crippen molar-refractivity contribution in [2.24, 2.45) is 5.92 Å². The van der Waals surface area contributed by atoms with Crippen LogP contribution in [0.25, 0.3) is 0 Å². The van der Waals surface area contributed by atoms with Crippen LogP contribution in [-0.4, -0.2) is 60.4 Å². The smallest absolute Gasteiger partial charge is 0.410 e. The molecule has 2 fully saturated rings. The van der Waals surface area contributed by atoms with Gasteiger partial charge >= 0.3 is 6.09 Å². The highest BCUT2D eigenvalue weighted by molar-refractivity contribution is 7.89. The highest BCUT2D eigenvalue weighted by atomic mass is 32.2. The fourth-order valence-electron chi connectivity index (χ4n) is 3.97. The maximum atomic E-state index is 12.9. The van der Waals surface area contributed by atoms with Crippen LogP contribution < -0.4 is 0 Å². The Balaban J connectivity index is 1.73. The quantitative estimate of drug-likeness (QED) is 0.526. The van der Waals surface area contributed by atoms with Crippen LogP contribution in [-0.2, 0) is 14.8 Å². The average molecular weight is 411 g/mol. The molecule has 1 aromatic rings. The maximum absolute atomic E-state index is 12.9. The first-order valence-corrected chi connectivity index (χ1v) is 10.8. The molecule has 0 aliphatic carbocycles. The normalized spacial score (nSPS) is 21.9. The predicted molar refractivity (Wildman–Crippen MR) is 101 cm³/mol. The number of benzene rings is 1. The molecule has 1 aromatic carbocycles. The molecule has 2 saturated heterocycles. The van der Waals surface area contributed by atoms with E-state index in [2.05, 4.69) is 13.8 Å². The summed E-state index contributed by atoms with van der Waals surface area (Å²) in [6.07, 6.45) is 1.44. The van der Waals surface area contributed by atoms with Gasteiger partial charge in [0, 0.05) is 25.2 Å². The highest BCUT2D eigenvalue weighted by Gasteiger charge is 2.41. The molecule has 1 amide bonds. The van der Waals surface area contributed by atoms with Gasteiger partial charge in [0.05, 0.1) is 11.0 Å². The van der Waals surface area contributed by atoms with E-state index < -0.39 is 20.6 Å². The highest BCUT2D eigenvalue weighted by Crippen LogP contribution is 2.31. The van der Waals surface area contributed by atoms with Crippen molar-refractivity contribution in [3.63, 3.8) is 0 Å². The first-order valence-electron chi connectivity index (χ1n) is 9.40. The van der Waals surface area contributed by atoms with Crippen LogP contribution in [0, 0.1) is 16.0 Å². The van der Waals surface area contributed by atoms with Gasteiger partial charge < -0.3 is 4.74 Å². The number of hydrogen-bond donors (Lipinski definition) is 0. The van der Waals surface area contributed by atoms with Gasteiger partial charge in [-0.15, -0.1) is 0 Å². The number of nitro groups is 1. The summed E-state index contributed by atoms with van der Waals surface area (Å²) in [5.74, 6) is 0.418. The van der Waals surface area contributed by atoms with E-state index in [4.69, 9.17) is 4.74 Å². The third kappa shape index (κ3) is 3.97. The summed E-state index contributed by atoms with van der Waals surface area (Å²) < 4.78 is 32.3. The van der Waals surface area contributed by atoms with Crippen LogP contribution in [0.3, 0.4) is 0 Å². The summed E-state index contributed by atoms with van der Waals surface area (Å²) >= 11 is 0. The number of carbonyl (C=O) groups excluding carboxylic acids is 1. The Morgan fingerprint density at radius 3 is 2.50 bits per heavy atom. The van der Waals surface area contributed by atoms with E-state index in [1.165, 1.54) is 28.6 Å². The van der Waals surface area contributed by atoms with Gasteiger partial charge in [0.2, 0.25) is 10.0 Å². The first-order chi connectivity index (χ1) is 13.2. The molecule has 1 unspecified atom stereocenters. The lowest BCUT2D eigenvalue weighted by Gasteiger charge is -2.37. The summed E-state index contributed by atoms with van der Waals surface area (Å²) in [6, 6.07) is 5.29. The number of cyclic esters (lactones) is 1. The van der Waals surface area contributed by atoms with E-state index in [0.29, 0.717) is 25.4 Å². The van der Waals surface area contributed by atoms with Gasteiger partial charge in [0.25, 0.3) is 5.69 Å². The fourth-order valence-corrected chi connectivity index (χ4v) is 5.60. The fraction of sp³-hybridized carbons (Fsp3) is 0.611. The van der Waals surface area contributed by atoms with E-state index in [1.807, 2.05) is 0 Å². The second kappa shape index (κ2) is 8.04. The molecule has 0 spiro atoms. The molecule has 154 valence electrons. The largest absolute Gasteiger partial charge is 0.447 e. The van der Waals surface area contributed by atoms with E-state index in [0.717, 1.165) is 6.42 Å². The minimum absolute atomic E-state index is 0.0101. The molecule has 2 aliphatic rings. The lowest BCUT2D eigenvalue weighted by Crippen LogP contribution is -2.50. The number of nitro benzene ring substituents is 1. The zero-order valence-corrected chi connectivity index (χ0v) is 16.8. The van der Waals surface area contributed by atoms with Crippen molar-refractivity contribution in [2.45, 2.75) is 50.1 Å². The molecule has 9 nitrogen and oxygen atoms in total. The topological polar surface area (TPSA) is 110 Å². The molecule has 0 radical (unpaired) electrons. The van der Waals surface area contributed by atoms with Crippen LogP contribution >= 0.6 is 0 Å². The minimum Gasteiger partial charge on any atom is -0.447 e. The van der Waals surface area contributed by atoms with Crippen molar-refractivity contribution in [3.05, 3.63) is 34.4 Å². The molecule has 0 N–H and O–H groups in total. The van der Waals surface area contributed by atoms with E-state index >= 15 is 0 Å². The number of piperidine rings is 1. The molecule has 3 rings (SSSR count). The summed E-state index contributed by atoms with van der Waals surface area (Å²) in [6.45, 7) is 4.95. The Labute approximate surface area is 164 Å². The van der Waals surface area contributed by atoms with E-state index in [9.17, 15) is 23.3 Å². The molecule has 1 atom stereocenters. The molecule has 28 heavy (non-hydrogen) atoms. The second-order valence-corrected chi connectivity index (χ2v) is 9.53. The van der Waals surface area contributed by atoms with Gasteiger partial charge in [-0.3, -0.25) is 15.0 Å². The second-order valence-electron chi connectivity index (χ2n) is 7.63. The summed E-state index contributed by atoms with van der Waals surface area (Å²) in [5.41, 5.74) is -0.426. The monoisotopic (exact) mass is 411 g/mol. The van der Waals surface area contributed by atoms with Crippen LogP contribution in [0.1, 0.15) is 33.1 Å². The number of nitrogens with zero attached hydrogens (tertiary/aromatic N) is 3. The molecule has 10 heteroatoms. The number of ether oxygens (including phenoxy) is 1. The number of rotatable bonds is 6. The molecule has 0 saturated carbocycles. The van der Waals surface area contributed by atoms with Crippen molar-refractivity contribution < 1.29 is 22.9 Å². The van der Waals surface area contributed by atoms with Crippen LogP contribution in [0.4, 0.5) is 10.5 Å². The van der Waals surface area contributed by atoms with Crippen LogP contribution in [0.5, 0.6) is 0 Å². The Hall–Kier alpha value is -2.20. The van der Waals surface area contributed by atoms with Gasteiger partial charge in [0.15, 0.2) is 4.90 Å². The summed E-state index contributed by atoms with van der Waals surface area (Å²) in [4.78, 5) is 24.2. The van der Waals surface area contributed by atoms with Gasteiger partial charge in [-0.1, -0.05) is 26.0 Å². The van der Waals surface area contributed by atoms with Crippen molar-refractivity contribution in [1.82, 2.24) is 9.21 Å². The van der Waals surface area contributed by atoms with Crippen molar-refractivity contribution in [2.75, 3.05) is 19.7 Å². The standard InChI is InChI=1S/C18H25N3O6S/c1-13(2)11-15-12-27-18(22)20(15)14-7-9-19(10-8-14)28(25,26)17-6-4-3-5-16(17)21(23)24/h3-6,13-15H,7-12H2,1-2H3. The molecule has 0 bridgehead atoms. The summed E-state index contributed by atoms with van der Waals surface area (Å²) in [5, 5.41) is 11.2. The van der Waals surface area contributed by atoms with E-state index in [-0.39, 0.29) is 36.2 Å². The average Bonchev–Trinajstić information content (AvgIpc) is 3.01. The zero-order chi connectivity index (χ0) is 20.5. The van der Waals surface area contributed by atoms with Crippen LogP contribution in [0.2, 0.25) is 0 Å². The Morgan fingerprint density at radius 1 is 1.25 bits per heavy atom. The number of carbonyl (C=O) groups is 1. The van der Waals surface area contributed by atoms with E-state index in [1.54, 1.807) is 4.90 Å². The van der Waals surface area contributed by atoms with Gasteiger partial charge in [0.1, 0.15) is 6.61 Å². The number of sulfonamides is 1. The van der Waals surface area contributed by atoms with Crippen LogP contribution in [0.15, 0.2) is 29.2 Å². The van der Waals surface area contributed by atoms with Crippen molar-refractivity contribution in [1.29, 1.82) is 0 Å². The van der Waals surface area contributed by atoms with Crippen molar-refractivity contribution >= 4 is 21.8 Å². The predicted octanol–water partition coefficient (Wildman–Crippen LogP) is 2.61. The van der Waals surface area contributed by atoms with Gasteiger partial charge in [-0.25, -0.2) is 13.2 Å². The number of amides is 1. The Morgan fingerprint density at radius 2 is 1.89 bits per heavy atom. The molecule has 2 heterocycles.